The predicted octanol–water partition coefficient (Wildman–Crippen LogP) is -0.404. The molecule has 0 heterocycles. The molecule has 0 fully saturated rings. The first kappa shape index (κ1) is 10.3. The maximum Gasteiger partial charge on any atom is 0.315 e. The molecule has 0 aliphatic heterocycles. The second-order valence-electron chi connectivity index (χ2n) is 1.83. The first-order valence-corrected chi connectivity index (χ1v) is 3.78. The molecule has 0 atom stereocenters. The van der Waals surface area contributed by atoms with Gasteiger partial charge < -0.3 is 10.1 Å². The summed E-state index contributed by atoms with van der Waals surface area (Å²) in [7, 11) is 1.24. The van der Waals surface area contributed by atoms with E-state index in [2.05, 4.69) is 22.7 Å². The van der Waals surface area contributed by atoms with E-state index in [1.807, 2.05) is 0 Å². The third-order valence-corrected chi connectivity index (χ3v) is 1.19. The van der Waals surface area contributed by atoms with Crippen molar-refractivity contribution in [2.75, 3.05) is 19.4 Å². The van der Waals surface area contributed by atoms with Gasteiger partial charge in [0.05, 0.1) is 7.11 Å². The van der Waals surface area contributed by atoms with Crippen molar-refractivity contribution in [3.05, 3.63) is 0 Å². The summed E-state index contributed by atoms with van der Waals surface area (Å²) >= 11 is 3.88. The molecule has 1 amide bonds. The molecule has 0 aliphatic carbocycles. The van der Waals surface area contributed by atoms with Gasteiger partial charge in [0.2, 0.25) is 5.91 Å². The molecule has 0 radical (unpaired) electrons. The normalized spacial score (nSPS) is 8.91. The number of methoxy groups -OCH3 is 1. The molecule has 0 bridgehead atoms. The number of thiol groups is 1. The zero-order valence-electron chi connectivity index (χ0n) is 6.29. The van der Waals surface area contributed by atoms with Crippen LogP contribution < -0.4 is 5.32 Å². The SMILES string of the molecule is COC(=O)CC(=O)NCCS. The monoisotopic (exact) mass is 177 g/mol. The number of hydrogen-bond donors (Lipinski definition) is 2. The fraction of sp³-hybridized carbons (Fsp3) is 0.667. The average molecular weight is 177 g/mol. The summed E-state index contributed by atoms with van der Waals surface area (Å²) in [4.78, 5) is 21.2. The van der Waals surface area contributed by atoms with Crippen LogP contribution in [-0.2, 0) is 14.3 Å². The second kappa shape index (κ2) is 6.03. The van der Waals surface area contributed by atoms with Crippen LogP contribution in [0.4, 0.5) is 0 Å². The Kier molecular flexibility index (Phi) is 5.64. The fourth-order valence-corrected chi connectivity index (χ4v) is 0.573. The Balaban J connectivity index is 3.44. The molecule has 0 aromatic rings. The molecule has 0 spiro atoms. The lowest BCUT2D eigenvalue weighted by atomic mass is 10.4. The van der Waals surface area contributed by atoms with Crippen LogP contribution in [-0.4, -0.2) is 31.3 Å². The lowest BCUT2D eigenvalue weighted by Gasteiger charge is -2.00. The van der Waals surface area contributed by atoms with Gasteiger partial charge in [0, 0.05) is 12.3 Å². The maximum absolute atomic E-state index is 10.7. The van der Waals surface area contributed by atoms with E-state index in [1.54, 1.807) is 0 Å². The zero-order valence-corrected chi connectivity index (χ0v) is 7.19. The van der Waals surface area contributed by atoms with Crippen molar-refractivity contribution in [3.8, 4) is 0 Å². The van der Waals surface area contributed by atoms with Crippen LogP contribution in [0.5, 0.6) is 0 Å². The highest BCUT2D eigenvalue weighted by atomic mass is 32.1. The molecular formula is C6H11NO3S. The van der Waals surface area contributed by atoms with E-state index in [1.165, 1.54) is 7.11 Å². The molecule has 4 nitrogen and oxygen atoms in total. The van der Waals surface area contributed by atoms with Gasteiger partial charge >= 0.3 is 5.97 Å². The van der Waals surface area contributed by atoms with Crippen LogP contribution in [0.2, 0.25) is 0 Å². The van der Waals surface area contributed by atoms with E-state index >= 15 is 0 Å². The second-order valence-corrected chi connectivity index (χ2v) is 2.27. The highest BCUT2D eigenvalue weighted by molar-refractivity contribution is 7.80. The topological polar surface area (TPSA) is 55.4 Å². The van der Waals surface area contributed by atoms with Crippen molar-refractivity contribution in [2.45, 2.75) is 6.42 Å². The summed E-state index contributed by atoms with van der Waals surface area (Å²) in [6.07, 6.45) is -0.218. The van der Waals surface area contributed by atoms with Crippen LogP contribution in [0.15, 0.2) is 0 Å². The molecule has 0 rings (SSSR count). The summed E-state index contributed by atoms with van der Waals surface area (Å²) in [5, 5.41) is 2.48. The maximum atomic E-state index is 10.7. The molecule has 1 N–H and O–H groups in total. The van der Waals surface area contributed by atoms with Crippen molar-refractivity contribution in [1.82, 2.24) is 5.32 Å². The van der Waals surface area contributed by atoms with Crippen LogP contribution >= 0.6 is 12.6 Å². The van der Waals surface area contributed by atoms with Gasteiger partial charge in [-0.3, -0.25) is 9.59 Å². The Labute approximate surface area is 70.7 Å². The largest absolute Gasteiger partial charge is 0.469 e. The number of carbonyl (C=O) groups excluding carboxylic acids is 2. The lowest BCUT2D eigenvalue weighted by Crippen LogP contribution is -2.27. The van der Waals surface area contributed by atoms with Crippen molar-refractivity contribution in [1.29, 1.82) is 0 Å². The average Bonchev–Trinajstić information content (AvgIpc) is 2.00. The van der Waals surface area contributed by atoms with Crippen molar-refractivity contribution < 1.29 is 14.3 Å². The number of rotatable bonds is 4. The van der Waals surface area contributed by atoms with Gasteiger partial charge in [-0.25, -0.2) is 0 Å². The number of nitrogens with one attached hydrogen (secondary N) is 1. The molecule has 0 unspecified atom stereocenters. The minimum Gasteiger partial charge on any atom is -0.469 e. The van der Waals surface area contributed by atoms with Crippen molar-refractivity contribution in [3.63, 3.8) is 0 Å². The van der Waals surface area contributed by atoms with E-state index < -0.39 is 5.97 Å². The molecular weight excluding hydrogens is 166 g/mol. The number of esters is 1. The van der Waals surface area contributed by atoms with Crippen molar-refractivity contribution >= 4 is 24.5 Å². The summed E-state index contributed by atoms with van der Waals surface area (Å²) in [6.45, 7) is 0.471. The smallest absolute Gasteiger partial charge is 0.315 e. The van der Waals surface area contributed by atoms with Gasteiger partial charge in [0.25, 0.3) is 0 Å². The lowest BCUT2D eigenvalue weighted by molar-refractivity contribution is -0.143. The molecule has 11 heavy (non-hydrogen) atoms. The van der Waals surface area contributed by atoms with Gasteiger partial charge in [-0.2, -0.15) is 12.6 Å². The Morgan fingerprint density at radius 2 is 2.18 bits per heavy atom. The number of hydrogen-bond acceptors (Lipinski definition) is 4. The summed E-state index contributed by atoms with van der Waals surface area (Å²) < 4.78 is 4.28. The van der Waals surface area contributed by atoms with E-state index in [0.717, 1.165) is 0 Å². The molecule has 0 saturated carbocycles. The molecule has 5 heteroatoms. The summed E-state index contributed by atoms with van der Waals surface area (Å²) in [5.41, 5.74) is 0. The number of amides is 1. The first-order valence-electron chi connectivity index (χ1n) is 3.15. The standard InChI is InChI=1S/C6H11NO3S/c1-10-6(9)4-5(8)7-2-3-11/h11H,2-4H2,1H3,(H,7,8). The van der Waals surface area contributed by atoms with E-state index in [4.69, 9.17) is 0 Å². The molecule has 64 valence electrons. The summed E-state index contributed by atoms with van der Waals surface area (Å²) in [6, 6.07) is 0. The summed E-state index contributed by atoms with van der Waals surface area (Å²) in [5.74, 6) is -0.292. The molecule has 0 saturated heterocycles. The van der Waals surface area contributed by atoms with Gasteiger partial charge in [-0.1, -0.05) is 0 Å². The van der Waals surface area contributed by atoms with Crippen LogP contribution in [0.1, 0.15) is 6.42 Å². The Morgan fingerprint density at radius 3 is 2.64 bits per heavy atom. The fourth-order valence-electron chi connectivity index (χ4n) is 0.461. The minimum absolute atomic E-state index is 0.218. The van der Waals surface area contributed by atoms with E-state index in [-0.39, 0.29) is 12.3 Å². The Hall–Kier alpha value is -0.710. The quantitative estimate of drug-likeness (QED) is 0.349. The van der Waals surface area contributed by atoms with Gasteiger partial charge in [-0.05, 0) is 0 Å². The Morgan fingerprint density at radius 1 is 1.55 bits per heavy atom. The number of ether oxygens (including phenoxy) is 1. The molecule has 0 aliphatic rings. The van der Waals surface area contributed by atoms with E-state index in [0.29, 0.717) is 12.3 Å². The van der Waals surface area contributed by atoms with Crippen molar-refractivity contribution in [2.24, 2.45) is 0 Å². The minimum atomic E-state index is -0.526. The van der Waals surface area contributed by atoms with Crippen LogP contribution in [0, 0.1) is 0 Å². The third-order valence-electron chi connectivity index (χ3n) is 0.967. The number of carbonyl (C=O) groups is 2. The molecule has 0 aromatic heterocycles. The van der Waals surface area contributed by atoms with Gasteiger partial charge in [0.1, 0.15) is 6.42 Å². The molecule has 0 aromatic carbocycles. The zero-order chi connectivity index (χ0) is 8.69. The Bertz CT molecular complexity index is 149. The first-order chi connectivity index (χ1) is 5.20. The van der Waals surface area contributed by atoms with Crippen LogP contribution in [0.3, 0.4) is 0 Å². The van der Waals surface area contributed by atoms with Gasteiger partial charge in [-0.15, -0.1) is 0 Å². The van der Waals surface area contributed by atoms with Crippen LogP contribution in [0.25, 0.3) is 0 Å². The predicted molar refractivity (Wildman–Crippen MR) is 43.5 cm³/mol. The highest BCUT2D eigenvalue weighted by Crippen LogP contribution is 1.83. The van der Waals surface area contributed by atoms with Gasteiger partial charge in [0.15, 0.2) is 0 Å². The third kappa shape index (κ3) is 5.72. The van der Waals surface area contributed by atoms with E-state index in [9.17, 15) is 9.59 Å². The highest BCUT2D eigenvalue weighted by Gasteiger charge is 2.07.